The summed E-state index contributed by atoms with van der Waals surface area (Å²) < 4.78 is 14.0. The lowest BCUT2D eigenvalue weighted by atomic mass is 9.92. The average molecular weight is 408 g/mol. The summed E-state index contributed by atoms with van der Waals surface area (Å²) in [7, 11) is 0. The van der Waals surface area contributed by atoms with E-state index in [1.165, 1.54) is 17.7 Å². The highest BCUT2D eigenvalue weighted by molar-refractivity contribution is 6.22. The van der Waals surface area contributed by atoms with E-state index in [0.717, 1.165) is 64.1 Å². The zero-order chi connectivity index (χ0) is 22.4. The van der Waals surface area contributed by atoms with Gasteiger partial charge in [0.15, 0.2) is 11.6 Å². The van der Waals surface area contributed by atoms with Crippen molar-refractivity contribution in [2.24, 2.45) is 4.99 Å². The maximum Gasteiger partial charge on any atom is 0.165 e. The zero-order valence-corrected chi connectivity index (χ0v) is 19.2. The molecule has 3 heteroatoms. The quantitative estimate of drug-likeness (QED) is 0.441. The van der Waals surface area contributed by atoms with Crippen molar-refractivity contribution in [2.75, 3.05) is 0 Å². The molecule has 2 nitrogen and oxygen atoms in total. The molecule has 160 valence electrons. The van der Waals surface area contributed by atoms with Crippen LogP contribution in [0.4, 0.5) is 4.39 Å². The number of aromatic hydroxyl groups is 1. The van der Waals surface area contributed by atoms with Crippen LogP contribution in [0.15, 0.2) is 53.2 Å². The van der Waals surface area contributed by atoms with E-state index in [1.807, 2.05) is 32.9 Å². The number of hydrogen-bond donors (Lipinski definition) is 1. The normalized spacial score (nSPS) is 12.7. The molecule has 2 rings (SSSR count). The Balaban J connectivity index is 2.42. The molecule has 0 aliphatic rings. The minimum Gasteiger partial charge on any atom is -0.505 e. The van der Waals surface area contributed by atoms with Gasteiger partial charge in [-0.3, -0.25) is 4.99 Å². The molecule has 0 amide bonds. The predicted molar refractivity (Wildman–Crippen MR) is 128 cm³/mol. The van der Waals surface area contributed by atoms with Crippen molar-refractivity contribution in [1.29, 1.82) is 0 Å². The first-order valence-electron chi connectivity index (χ1n) is 10.8. The highest BCUT2D eigenvalue weighted by atomic mass is 19.1. The van der Waals surface area contributed by atoms with Crippen molar-refractivity contribution in [3.05, 3.63) is 70.7 Å². The van der Waals surface area contributed by atoms with Gasteiger partial charge in [-0.25, -0.2) is 4.39 Å². The van der Waals surface area contributed by atoms with Crippen LogP contribution in [-0.4, -0.2) is 10.8 Å². The van der Waals surface area contributed by atoms with Crippen LogP contribution in [0.1, 0.15) is 70.6 Å². The standard InChI is InChI=1S/C27H34FNO/c1-8-11-17(4)26(10-3)29-20(7)19(6)23-13-12-22(14-18(23)5)24-16-25(28)27(30)15-21(24)9-2/h12-16,30H,6,8-11H2,1-5,7H3/b26-17+,29-20+. The molecule has 0 bridgehead atoms. The third-order valence-electron chi connectivity index (χ3n) is 5.61. The first kappa shape index (κ1) is 23.6. The molecule has 0 heterocycles. The highest BCUT2D eigenvalue weighted by Gasteiger charge is 2.13. The first-order chi connectivity index (χ1) is 14.2. The molecule has 0 atom stereocenters. The van der Waals surface area contributed by atoms with Gasteiger partial charge in [0.2, 0.25) is 0 Å². The lowest BCUT2D eigenvalue weighted by Gasteiger charge is -2.15. The van der Waals surface area contributed by atoms with Crippen LogP contribution in [-0.2, 0) is 6.42 Å². The van der Waals surface area contributed by atoms with Crippen molar-refractivity contribution < 1.29 is 9.50 Å². The number of phenolic OH excluding ortho intramolecular Hbond substituents is 1. The molecule has 0 saturated heterocycles. The molecular weight excluding hydrogens is 373 g/mol. The van der Waals surface area contributed by atoms with Gasteiger partial charge in [0.05, 0.1) is 0 Å². The van der Waals surface area contributed by atoms with Crippen LogP contribution < -0.4 is 0 Å². The average Bonchev–Trinajstić information content (AvgIpc) is 2.72. The number of aliphatic imine (C=N–C) groups is 1. The summed E-state index contributed by atoms with van der Waals surface area (Å²) in [5.74, 6) is -0.903. The Morgan fingerprint density at radius 2 is 1.80 bits per heavy atom. The Morgan fingerprint density at radius 1 is 1.10 bits per heavy atom. The first-order valence-corrected chi connectivity index (χ1v) is 10.8. The van der Waals surface area contributed by atoms with Gasteiger partial charge in [0.25, 0.3) is 0 Å². The number of phenols is 1. The van der Waals surface area contributed by atoms with E-state index in [-0.39, 0.29) is 5.75 Å². The molecule has 2 aromatic carbocycles. The van der Waals surface area contributed by atoms with Gasteiger partial charge in [-0.1, -0.05) is 57.5 Å². The molecule has 0 saturated carbocycles. The summed E-state index contributed by atoms with van der Waals surface area (Å²) in [6.45, 7) is 16.8. The minimum absolute atomic E-state index is 0.303. The van der Waals surface area contributed by atoms with E-state index < -0.39 is 5.82 Å². The van der Waals surface area contributed by atoms with Gasteiger partial charge in [-0.15, -0.1) is 0 Å². The van der Waals surface area contributed by atoms with Crippen LogP contribution in [0.2, 0.25) is 0 Å². The SMILES string of the molecule is C=C(/C(C)=N/C(CC)=C(\C)CCC)c1ccc(-c2cc(F)c(O)cc2CC)cc1C. The topological polar surface area (TPSA) is 32.6 Å². The Bertz CT molecular complexity index is 998. The fraction of sp³-hybridized carbons (Fsp3) is 0.370. The molecule has 0 aliphatic carbocycles. The second-order valence-corrected chi connectivity index (χ2v) is 7.85. The lowest BCUT2D eigenvalue weighted by Crippen LogP contribution is -2.00. The zero-order valence-electron chi connectivity index (χ0n) is 19.2. The molecule has 30 heavy (non-hydrogen) atoms. The minimum atomic E-state index is -0.599. The number of nitrogens with zero attached hydrogens (tertiary/aromatic N) is 1. The summed E-state index contributed by atoms with van der Waals surface area (Å²) in [5.41, 5.74) is 9.06. The maximum atomic E-state index is 14.0. The number of aryl methyl sites for hydroxylation is 2. The number of allylic oxidation sites excluding steroid dienone is 3. The Labute approximate surface area is 180 Å². The van der Waals surface area contributed by atoms with Crippen LogP contribution in [0.5, 0.6) is 5.75 Å². The van der Waals surface area contributed by atoms with E-state index in [0.29, 0.717) is 6.42 Å². The number of benzene rings is 2. The van der Waals surface area contributed by atoms with Crippen molar-refractivity contribution in [1.82, 2.24) is 0 Å². The molecule has 1 N–H and O–H groups in total. The molecule has 0 aromatic heterocycles. The molecule has 0 fully saturated rings. The van der Waals surface area contributed by atoms with Gasteiger partial charge < -0.3 is 5.11 Å². The molecule has 0 radical (unpaired) electrons. The monoisotopic (exact) mass is 407 g/mol. The molecule has 0 spiro atoms. The second kappa shape index (κ2) is 10.4. The van der Waals surface area contributed by atoms with Gasteiger partial charge in [-0.2, -0.15) is 0 Å². The summed E-state index contributed by atoms with van der Waals surface area (Å²) in [5, 5.41) is 9.70. The van der Waals surface area contributed by atoms with Crippen molar-refractivity contribution in [3.63, 3.8) is 0 Å². The summed E-state index contributed by atoms with van der Waals surface area (Å²) >= 11 is 0. The van der Waals surface area contributed by atoms with Crippen molar-refractivity contribution >= 4 is 11.3 Å². The molecular formula is C27H34FNO. The number of rotatable bonds is 8. The van der Waals surface area contributed by atoms with E-state index in [9.17, 15) is 9.50 Å². The van der Waals surface area contributed by atoms with Crippen molar-refractivity contribution in [2.45, 2.75) is 67.2 Å². The Hall–Kier alpha value is -2.68. The van der Waals surface area contributed by atoms with Gasteiger partial charge in [0, 0.05) is 11.4 Å². The summed E-state index contributed by atoms with van der Waals surface area (Å²) in [6, 6.07) is 9.01. The fourth-order valence-corrected chi connectivity index (χ4v) is 3.80. The predicted octanol–water partition coefficient (Wildman–Crippen LogP) is 8.03. The van der Waals surface area contributed by atoms with Crippen LogP contribution in [0, 0.1) is 12.7 Å². The maximum absolute atomic E-state index is 14.0. The van der Waals surface area contributed by atoms with E-state index in [1.54, 1.807) is 0 Å². The van der Waals surface area contributed by atoms with E-state index in [2.05, 4.69) is 33.4 Å². The third kappa shape index (κ3) is 5.27. The molecule has 0 unspecified atom stereocenters. The van der Waals surface area contributed by atoms with Gasteiger partial charge in [0.1, 0.15) is 0 Å². The fourth-order valence-electron chi connectivity index (χ4n) is 3.80. The summed E-state index contributed by atoms with van der Waals surface area (Å²) in [4.78, 5) is 4.88. The Morgan fingerprint density at radius 3 is 2.37 bits per heavy atom. The van der Waals surface area contributed by atoms with E-state index in [4.69, 9.17) is 4.99 Å². The van der Waals surface area contributed by atoms with E-state index >= 15 is 0 Å². The third-order valence-corrected chi connectivity index (χ3v) is 5.61. The number of hydrogen-bond acceptors (Lipinski definition) is 2. The van der Waals surface area contributed by atoms with Crippen LogP contribution >= 0.6 is 0 Å². The summed E-state index contributed by atoms with van der Waals surface area (Å²) in [6.07, 6.45) is 3.79. The largest absolute Gasteiger partial charge is 0.505 e. The van der Waals surface area contributed by atoms with Crippen LogP contribution in [0.3, 0.4) is 0 Å². The van der Waals surface area contributed by atoms with Crippen molar-refractivity contribution in [3.8, 4) is 16.9 Å². The molecule has 0 aliphatic heterocycles. The second-order valence-electron chi connectivity index (χ2n) is 7.85. The van der Waals surface area contributed by atoms with Gasteiger partial charge in [-0.05, 0) is 85.6 Å². The number of halogens is 1. The molecule has 2 aromatic rings. The van der Waals surface area contributed by atoms with Crippen LogP contribution in [0.25, 0.3) is 16.7 Å². The Kier molecular flexibility index (Phi) is 8.16. The van der Waals surface area contributed by atoms with Gasteiger partial charge >= 0.3 is 0 Å². The highest BCUT2D eigenvalue weighted by Crippen LogP contribution is 2.32. The lowest BCUT2D eigenvalue weighted by molar-refractivity contribution is 0.432. The smallest absolute Gasteiger partial charge is 0.165 e.